The molecule has 0 spiro atoms. The van der Waals surface area contributed by atoms with E-state index in [1.54, 1.807) is 52.3 Å². The number of methoxy groups -OCH3 is 1. The number of alkyl carbamates (subject to hydrolysis) is 1. The van der Waals surface area contributed by atoms with Gasteiger partial charge in [0.25, 0.3) is 0 Å². The number of benzene rings is 1. The molecular weight excluding hydrogens is 654 g/mol. The van der Waals surface area contributed by atoms with Crippen molar-refractivity contribution in [1.29, 1.82) is 0 Å². The van der Waals surface area contributed by atoms with Gasteiger partial charge >= 0.3 is 12.1 Å². The summed E-state index contributed by atoms with van der Waals surface area (Å²) in [5.41, 5.74) is -0.444. The van der Waals surface area contributed by atoms with Gasteiger partial charge in [0.2, 0.25) is 11.8 Å². The zero-order valence-electron chi connectivity index (χ0n) is 29.4. The minimum atomic E-state index is -1.45. The standard InChI is InChI=1S/C38H45N5O8/c1-37(2,3)51-36(48)41-28-14-9-7-5-6-8-12-23-21-38(23,35(46)47)42-33(44)31-19-25(22-43(31)34(28)45)50-32-20-30(27-13-10-11-17-39-27)40-29-18-24(49-4)15-16-26(29)32/h8,10-13,15-18,20,23,25,28,31H,5-7,9,14,19,21-22H2,1-4H3,(H,41,48)(H,42,44)(H,46,47)/b12-8-/t23?,25-,28?,31?,38?/m1/s1. The van der Waals surface area contributed by atoms with Crippen molar-refractivity contribution in [3.8, 4) is 22.9 Å². The van der Waals surface area contributed by atoms with Crippen molar-refractivity contribution in [3.63, 3.8) is 0 Å². The van der Waals surface area contributed by atoms with Gasteiger partial charge in [0.1, 0.15) is 40.8 Å². The highest BCUT2D eigenvalue weighted by Crippen LogP contribution is 2.45. The molecule has 4 heterocycles. The molecule has 6 rings (SSSR count). The number of ether oxygens (including phenoxy) is 3. The predicted octanol–water partition coefficient (Wildman–Crippen LogP) is 5.03. The smallest absolute Gasteiger partial charge is 0.408 e. The number of allylic oxidation sites excluding steroid dienone is 1. The number of fused-ring (bicyclic) bond motifs is 3. The minimum Gasteiger partial charge on any atom is -0.497 e. The molecular formula is C38H45N5O8. The average molecular weight is 700 g/mol. The Balaban J connectivity index is 1.34. The Bertz CT molecular complexity index is 1830. The van der Waals surface area contributed by atoms with E-state index in [9.17, 15) is 24.3 Å². The summed E-state index contributed by atoms with van der Waals surface area (Å²) in [6.07, 6.45) is 7.81. The first-order valence-electron chi connectivity index (χ1n) is 17.5. The number of carboxylic acid groups (broad SMARTS) is 1. The van der Waals surface area contributed by atoms with Gasteiger partial charge in [-0.3, -0.25) is 14.6 Å². The van der Waals surface area contributed by atoms with Crippen LogP contribution in [0.1, 0.15) is 65.7 Å². The Hall–Kier alpha value is -5.20. The fraction of sp³-hybridized carbons (Fsp3) is 0.474. The number of nitrogens with one attached hydrogen (secondary N) is 2. The molecule has 2 aliphatic heterocycles. The summed E-state index contributed by atoms with van der Waals surface area (Å²) in [5, 5.41) is 16.4. The van der Waals surface area contributed by atoms with Crippen molar-refractivity contribution in [2.75, 3.05) is 13.7 Å². The monoisotopic (exact) mass is 699 g/mol. The fourth-order valence-corrected chi connectivity index (χ4v) is 6.82. The van der Waals surface area contributed by atoms with E-state index >= 15 is 0 Å². The number of rotatable bonds is 6. The van der Waals surface area contributed by atoms with Crippen molar-refractivity contribution < 1.29 is 38.5 Å². The van der Waals surface area contributed by atoms with Crippen LogP contribution in [0, 0.1) is 5.92 Å². The topological polar surface area (TPSA) is 169 Å². The molecule has 1 aliphatic carbocycles. The van der Waals surface area contributed by atoms with Crippen LogP contribution in [0.2, 0.25) is 0 Å². The van der Waals surface area contributed by atoms with Gasteiger partial charge in [0, 0.05) is 36.1 Å². The molecule has 2 aromatic heterocycles. The first kappa shape index (κ1) is 35.6. The number of aliphatic carboxylic acids is 1. The zero-order chi connectivity index (χ0) is 36.3. The highest BCUT2D eigenvalue weighted by molar-refractivity contribution is 5.96. The van der Waals surface area contributed by atoms with Crippen molar-refractivity contribution >= 4 is 34.8 Å². The lowest BCUT2D eigenvalue weighted by molar-refractivity contribution is -0.145. The summed E-state index contributed by atoms with van der Waals surface area (Å²) >= 11 is 0. The van der Waals surface area contributed by atoms with Crippen molar-refractivity contribution in [2.24, 2.45) is 5.92 Å². The second-order valence-corrected chi connectivity index (χ2v) is 14.4. The van der Waals surface area contributed by atoms with Gasteiger partial charge in [-0.2, -0.15) is 0 Å². The molecule has 3 aromatic rings. The minimum absolute atomic E-state index is 0.0196. The molecule has 51 heavy (non-hydrogen) atoms. The Kier molecular flexibility index (Phi) is 10.2. The second kappa shape index (κ2) is 14.6. The summed E-state index contributed by atoms with van der Waals surface area (Å²) in [6.45, 7) is 5.24. The number of carbonyl (C=O) groups is 4. The van der Waals surface area contributed by atoms with E-state index < -0.39 is 53.2 Å². The van der Waals surface area contributed by atoms with E-state index in [0.717, 1.165) is 19.3 Å². The SMILES string of the molecule is COc1ccc2c(O[C@@H]3CC4C(=O)NC5(C(=O)O)CC5/C=C\CCCCCC(NC(=O)OC(C)(C)C)C(=O)N4C3)cc(-c3ccccn3)nc2c1. The van der Waals surface area contributed by atoms with Crippen LogP contribution < -0.4 is 20.1 Å². The normalized spacial score (nSPS) is 26.1. The van der Waals surface area contributed by atoms with Crippen LogP contribution in [0.25, 0.3) is 22.3 Å². The maximum absolute atomic E-state index is 14.4. The molecule has 13 heteroatoms. The van der Waals surface area contributed by atoms with Crippen molar-refractivity contribution in [2.45, 2.75) is 95.0 Å². The molecule has 2 fully saturated rings. The maximum Gasteiger partial charge on any atom is 0.408 e. The molecule has 13 nitrogen and oxygen atoms in total. The number of carbonyl (C=O) groups excluding carboxylic acids is 3. The number of hydrogen-bond acceptors (Lipinski definition) is 9. The number of pyridine rings is 2. The maximum atomic E-state index is 14.4. The van der Waals surface area contributed by atoms with E-state index in [0.29, 0.717) is 46.6 Å². The third kappa shape index (κ3) is 8.08. The number of nitrogens with zero attached hydrogens (tertiary/aromatic N) is 3. The predicted molar refractivity (Wildman–Crippen MR) is 188 cm³/mol. The molecule has 0 radical (unpaired) electrons. The van der Waals surface area contributed by atoms with Crippen LogP contribution in [0.15, 0.2) is 60.8 Å². The van der Waals surface area contributed by atoms with Gasteiger partial charge in [-0.25, -0.2) is 14.6 Å². The van der Waals surface area contributed by atoms with E-state index in [-0.39, 0.29) is 25.3 Å². The molecule has 1 aromatic carbocycles. The summed E-state index contributed by atoms with van der Waals surface area (Å²) < 4.78 is 17.6. The van der Waals surface area contributed by atoms with Gasteiger partial charge in [-0.15, -0.1) is 0 Å². The Morgan fingerprint density at radius 1 is 1.08 bits per heavy atom. The third-order valence-corrected chi connectivity index (χ3v) is 9.51. The van der Waals surface area contributed by atoms with Gasteiger partial charge in [-0.05, 0) is 70.7 Å². The second-order valence-electron chi connectivity index (χ2n) is 14.4. The number of hydrogen-bond donors (Lipinski definition) is 3. The molecule has 4 unspecified atom stereocenters. The zero-order valence-corrected chi connectivity index (χ0v) is 29.4. The quantitative estimate of drug-likeness (QED) is 0.297. The van der Waals surface area contributed by atoms with E-state index in [1.807, 2.05) is 36.4 Å². The van der Waals surface area contributed by atoms with E-state index in [4.69, 9.17) is 19.2 Å². The molecule has 270 valence electrons. The largest absolute Gasteiger partial charge is 0.497 e. The molecule has 1 saturated heterocycles. The lowest BCUT2D eigenvalue weighted by Gasteiger charge is -2.30. The van der Waals surface area contributed by atoms with Crippen LogP contribution in [0.5, 0.6) is 11.5 Å². The Morgan fingerprint density at radius 2 is 1.90 bits per heavy atom. The van der Waals surface area contributed by atoms with Crippen molar-refractivity contribution in [1.82, 2.24) is 25.5 Å². The van der Waals surface area contributed by atoms with Crippen LogP contribution >= 0.6 is 0 Å². The summed E-state index contributed by atoms with van der Waals surface area (Å²) in [5.74, 6) is -1.44. The lowest BCUT2D eigenvalue weighted by Crippen LogP contribution is -2.56. The number of aromatic nitrogens is 2. The van der Waals surface area contributed by atoms with Crippen molar-refractivity contribution in [3.05, 3.63) is 60.8 Å². The van der Waals surface area contributed by atoms with Crippen LogP contribution in [0.4, 0.5) is 4.79 Å². The van der Waals surface area contributed by atoms with Gasteiger partial charge in [-0.1, -0.05) is 31.1 Å². The molecule has 3 amide bonds. The Morgan fingerprint density at radius 3 is 2.63 bits per heavy atom. The third-order valence-electron chi connectivity index (χ3n) is 9.51. The van der Waals surface area contributed by atoms with Crippen LogP contribution in [-0.2, 0) is 19.1 Å². The van der Waals surface area contributed by atoms with E-state index in [2.05, 4.69) is 15.6 Å². The first-order valence-corrected chi connectivity index (χ1v) is 17.5. The Labute approximate surface area is 296 Å². The molecule has 0 bridgehead atoms. The van der Waals surface area contributed by atoms with Gasteiger partial charge < -0.3 is 34.9 Å². The molecule has 3 aliphatic rings. The number of carboxylic acids is 1. The lowest BCUT2D eigenvalue weighted by atomic mass is 10.0. The molecule has 1 saturated carbocycles. The summed E-state index contributed by atoms with van der Waals surface area (Å²) in [4.78, 5) is 64.6. The highest BCUT2D eigenvalue weighted by Gasteiger charge is 2.61. The summed E-state index contributed by atoms with van der Waals surface area (Å²) in [7, 11) is 1.57. The summed E-state index contributed by atoms with van der Waals surface area (Å²) in [6, 6.07) is 10.7. The van der Waals surface area contributed by atoms with Gasteiger partial charge in [0.15, 0.2) is 0 Å². The van der Waals surface area contributed by atoms with Gasteiger partial charge in [0.05, 0.1) is 30.6 Å². The average Bonchev–Trinajstić information content (AvgIpc) is 3.63. The molecule has 5 atom stereocenters. The highest BCUT2D eigenvalue weighted by atomic mass is 16.6. The first-order chi connectivity index (χ1) is 24.4. The fourth-order valence-electron chi connectivity index (χ4n) is 6.82. The van der Waals surface area contributed by atoms with E-state index in [1.165, 1.54) is 4.90 Å². The van der Waals surface area contributed by atoms with Crippen LogP contribution in [-0.4, -0.2) is 86.8 Å². The van der Waals surface area contributed by atoms with Crippen LogP contribution in [0.3, 0.4) is 0 Å². The molecule has 3 N–H and O–H groups in total. The number of amides is 3.